The summed E-state index contributed by atoms with van der Waals surface area (Å²) in [6.07, 6.45) is 1.40. The van der Waals surface area contributed by atoms with Crippen molar-refractivity contribution in [2.45, 2.75) is 17.7 Å². The molecule has 2 aromatic carbocycles. The van der Waals surface area contributed by atoms with E-state index >= 15 is 0 Å². The second kappa shape index (κ2) is 3.75. The van der Waals surface area contributed by atoms with Crippen LogP contribution in [0.4, 0.5) is 5.69 Å². The molecule has 19 heavy (non-hydrogen) atoms. The van der Waals surface area contributed by atoms with Crippen molar-refractivity contribution < 1.29 is 17.9 Å². The van der Waals surface area contributed by atoms with Gasteiger partial charge in [-0.1, -0.05) is 12.1 Å². The quantitative estimate of drug-likeness (QED) is 0.473. The lowest BCUT2D eigenvalue weighted by Crippen LogP contribution is -2.02. The summed E-state index contributed by atoms with van der Waals surface area (Å²) < 4.78 is 33.9. The van der Waals surface area contributed by atoms with Gasteiger partial charge in [-0.05, 0) is 35.4 Å². The summed E-state index contributed by atoms with van der Waals surface area (Å²) in [4.78, 5) is 9.88. The van der Waals surface area contributed by atoms with Crippen LogP contribution in [0.3, 0.4) is 0 Å². The summed E-state index contributed by atoms with van der Waals surface area (Å²) in [5.74, 6) is 0. The van der Waals surface area contributed by atoms with Crippen molar-refractivity contribution in [2.75, 3.05) is 0 Å². The Morgan fingerprint density at radius 3 is 2.11 bits per heavy atom. The van der Waals surface area contributed by atoms with Gasteiger partial charge >= 0.3 is 0 Å². The average molecular weight is 278 g/mol. The molecular formula is C12H8NO5S-. The van der Waals surface area contributed by atoms with Gasteiger partial charge in [-0.3, -0.25) is 10.1 Å². The number of benzene rings is 2. The molecule has 0 atom stereocenters. The lowest BCUT2D eigenvalue weighted by molar-refractivity contribution is -0.383. The number of hydrogen-bond donors (Lipinski definition) is 0. The molecule has 0 bridgehead atoms. The molecular weight excluding hydrogens is 270 g/mol. The predicted octanol–water partition coefficient (Wildman–Crippen LogP) is 1.75. The van der Waals surface area contributed by atoms with Crippen LogP contribution in [-0.2, 0) is 23.0 Å². The number of non-ortho nitro benzene ring substituents is 1. The summed E-state index contributed by atoms with van der Waals surface area (Å²) in [7, 11) is -4.75. The minimum atomic E-state index is -4.75. The van der Waals surface area contributed by atoms with Crippen LogP contribution < -0.4 is 0 Å². The number of aryl methyl sites for hydroxylation is 2. The molecule has 0 fully saturated rings. The van der Waals surface area contributed by atoms with Crippen molar-refractivity contribution in [3.63, 3.8) is 0 Å². The number of nitrogens with zero attached hydrogens (tertiary/aromatic N) is 1. The fourth-order valence-electron chi connectivity index (χ4n) is 2.64. The van der Waals surface area contributed by atoms with Gasteiger partial charge in [-0.2, -0.15) is 0 Å². The van der Waals surface area contributed by atoms with Crippen LogP contribution in [0.25, 0.3) is 10.8 Å². The van der Waals surface area contributed by atoms with E-state index in [4.69, 9.17) is 0 Å². The molecule has 0 aliphatic heterocycles. The lowest BCUT2D eigenvalue weighted by Gasteiger charge is -2.12. The number of nitro groups is 1. The first-order chi connectivity index (χ1) is 8.89. The normalized spacial score (nSPS) is 13.9. The molecule has 0 N–H and O–H groups in total. The van der Waals surface area contributed by atoms with Crippen LogP contribution in [0, 0.1) is 10.1 Å². The van der Waals surface area contributed by atoms with Gasteiger partial charge in [-0.15, -0.1) is 0 Å². The van der Waals surface area contributed by atoms with E-state index < -0.39 is 19.9 Å². The molecule has 3 rings (SSSR count). The number of rotatable bonds is 2. The summed E-state index contributed by atoms with van der Waals surface area (Å²) in [6.45, 7) is 0. The fraction of sp³-hybridized carbons (Fsp3) is 0.167. The van der Waals surface area contributed by atoms with E-state index in [-0.39, 0.29) is 11.1 Å². The molecule has 0 unspecified atom stereocenters. The van der Waals surface area contributed by atoms with Crippen LogP contribution in [-0.4, -0.2) is 17.9 Å². The van der Waals surface area contributed by atoms with Crippen LogP contribution in [0.5, 0.6) is 0 Å². The van der Waals surface area contributed by atoms with Crippen molar-refractivity contribution in [2.24, 2.45) is 0 Å². The summed E-state index contributed by atoms with van der Waals surface area (Å²) in [6, 6.07) is 5.62. The molecule has 0 saturated carbocycles. The minimum Gasteiger partial charge on any atom is -0.744 e. The maximum absolute atomic E-state index is 11.3. The SMILES string of the molecule is O=[N+]([O-])c1ccc2c3c(ccc(S(=O)(=O)[O-])c13)CC2. The third-order valence-corrected chi connectivity index (χ3v) is 4.28. The van der Waals surface area contributed by atoms with Crippen molar-refractivity contribution >= 4 is 26.6 Å². The Labute approximate surface area is 108 Å². The minimum absolute atomic E-state index is 0.0486. The van der Waals surface area contributed by atoms with Crippen molar-refractivity contribution in [1.29, 1.82) is 0 Å². The van der Waals surface area contributed by atoms with E-state index in [1.54, 1.807) is 12.1 Å². The maximum Gasteiger partial charge on any atom is 0.278 e. The van der Waals surface area contributed by atoms with Crippen molar-refractivity contribution in [3.05, 3.63) is 45.5 Å². The Hall–Kier alpha value is -1.99. The lowest BCUT2D eigenvalue weighted by atomic mass is 10.0. The average Bonchev–Trinajstić information content (AvgIpc) is 2.73. The van der Waals surface area contributed by atoms with Crippen molar-refractivity contribution in [3.8, 4) is 0 Å². The predicted molar refractivity (Wildman–Crippen MR) is 66.0 cm³/mol. The smallest absolute Gasteiger partial charge is 0.278 e. The molecule has 1 aliphatic rings. The van der Waals surface area contributed by atoms with E-state index in [2.05, 4.69) is 0 Å². The highest BCUT2D eigenvalue weighted by Gasteiger charge is 2.25. The van der Waals surface area contributed by atoms with E-state index in [9.17, 15) is 23.1 Å². The van der Waals surface area contributed by atoms with Gasteiger partial charge in [0.15, 0.2) is 0 Å². The molecule has 2 aromatic rings. The maximum atomic E-state index is 11.3. The van der Waals surface area contributed by atoms with Gasteiger partial charge < -0.3 is 4.55 Å². The Kier molecular flexibility index (Phi) is 2.38. The first-order valence-electron chi connectivity index (χ1n) is 5.57. The molecule has 0 saturated heterocycles. The zero-order chi connectivity index (χ0) is 13.8. The molecule has 0 heterocycles. The van der Waals surface area contributed by atoms with E-state index in [0.29, 0.717) is 18.2 Å². The third kappa shape index (κ3) is 1.70. The molecule has 1 aliphatic carbocycles. The molecule has 7 heteroatoms. The first-order valence-corrected chi connectivity index (χ1v) is 6.98. The van der Waals surface area contributed by atoms with Gasteiger partial charge in [0.2, 0.25) is 0 Å². The topological polar surface area (TPSA) is 100 Å². The largest absolute Gasteiger partial charge is 0.744 e. The molecule has 0 radical (unpaired) electrons. The number of hydrogen-bond acceptors (Lipinski definition) is 5. The second-order valence-corrected chi connectivity index (χ2v) is 5.78. The first kappa shape index (κ1) is 12.1. The number of nitro benzene ring substituents is 1. The molecule has 98 valence electrons. The molecule has 0 aromatic heterocycles. The highest BCUT2D eigenvalue weighted by atomic mass is 32.2. The summed E-state index contributed by atoms with van der Waals surface area (Å²) >= 11 is 0. The van der Waals surface area contributed by atoms with Gasteiger partial charge in [0.1, 0.15) is 10.1 Å². The van der Waals surface area contributed by atoms with Crippen LogP contribution in [0.15, 0.2) is 29.2 Å². The molecule has 0 amide bonds. The van der Waals surface area contributed by atoms with Gasteiger partial charge in [0, 0.05) is 6.07 Å². The van der Waals surface area contributed by atoms with Crippen LogP contribution in [0.1, 0.15) is 11.1 Å². The van der Waals surface area contributed by atoms with Crippen LogP contribution >= 0.6 is 0 Å². The zero-order valence-corrected chi connectivity index (χ0v) is 10.4. The van der Waals surface area contributed by atoms with Gasteiger partial charge in [-0.25, -0.2) is 8.42 Å². The monoisotopic (exact) mass is 278 g/mol. The van der Waals surface area contributed by atoms with Gasteiger partial charge in [0.05, 0.1) is 15.2 Å². The summed E-state index contributed by atoms with van der Waals surface area (Å²) in [5, 5.41) is 11.5. The summed E-state index contributed by atoms with van der Waals surface area (Å²) in [5.41, 5.74) is 1.36. The Morgan fingerprint density at radius 1 is 1.00 bits per heavy atom. The fourth-order valence-corrected chi connectivity index (χ4v) is 3.33. The Balaban J connectivity index is 2.58. The third-order valence-electron chi connectivity index (χ3n) is 3.40. The molecule has 6 nitrogen and oxygen atoms in total. The Bertz CT molecular complexity index is 815. The highest BCUT2D eigenvalue weighted by molar-refractivity contribution is 7.86. The Morgan fingerprint density at radius 2 is 1.58 bits per heavy atom. The molecule has 0 spiro atoms. The van der Waals surface area contributed by atoms with Crippen molar-refractivity contribution in [1.82, 2.24) is 0 Å². The van der Waals surface area contributed by atoms with E-state index in [0.717, 1.165) is 11.1 Å². The van der Waals surface area contributed by atoms with Gasteiger partial charge in [0.25, 0.3) is 5.69 Å². The van der Waals surface area contributed by atoms with Crippen LogP contribution in [0.2, 0.25) is 0 Å². The standard InChI is InChI=1S/C12H9NO5S/c14-13(15)9-5-3-7-1-2-8-4-6-10(19(16,17)18)12(9)11(7)8/h3-6H,1-2H2,(H,16,17,18)/p-1. The van der Waals surface area contributed by atoms with E-state index in [1.165, 1.54) is 12.1 Å². The zero-order valence-electron chi connectivity index (χ0n) is 9.62. The van der Waals surface area contributed by atoms with E-state index in [1.807, 2.05) is 0 Å². The second-order valence-electron chi connectivity index (χ2n) is 4.43. The highest BCUT2D eigenvalue weighted by Crippen LogP contribution is 2.39.